The second-order valence-corrected chi connectivity index (χ2v) is 4.50. The predicted octanol–water partition coefficient (Wildman–Crippen LogP) is 2.49. The highest BCUT2D eigenvalue weighted by Crippen LogP contribution is 2.33. The van der Waals surface area contributed by atoms with E-state index in [0.717, 1.165) is 27.7 Å². The van der Waals surface area contributed by atoms with Crippen LogP contribution in [-0.4, -0.2) is 26.3 Å². The van der Waals surface area contributed by atoms with Gasteiger partial charge < -0.3 is 10.1 Å². The molecule has 3 aromatic rings. The van der Waals surface area contributed by atoms with E-state index in [4.69, 9.17) is 5.11 Å². The molecule has 0 atom stereocenters. The van der Waals surface area contributed by atoms with Crippen LogP contribution in [0, 0.1) is 6.92 Å². The molecule has 0 fully saturated rings. The van der Waals surface area contributed by atoms with Crippen LogP contribution in [-0.2, 0) is 11.2 Å². The predicted molar refractivity (Wildman–Crippen MR) is 72.0 cm³/mol. The number of aromatic nitrogens is 3. The van der Waals surface area contributed by atoms with Crippen LogP contribution in [0.15, 0.2) is 30.5 Å². The molecular weight excluding hydrogens is 242 g/mol. The lowest BCUT2D eigenvalue weighted by Gasteiger charge is -2.01. The molecule has 0 saturated heterocycles. The summed E-state index contributed by atoms with van der Waals surface area (Å²) in [5, 5.41) is 16.8. The van der Waals surface area contributed by atoms with Crippen molar-refractivity contribution in [2.45, 2.75) is 13.3 Å². The minimum atomic E-state index is -0.872. The van der Waals surface area contributed by atoms with E-state index in [9.17, 15) is 4.79 Å². The SMILES string of the molecule is Cc1[nH]c2ccccc2c1-c1cn[nH]c1CC(=O)O. The van der Waals surface area contributed by atoms with Gasteiger partial charge in [0.2, 0.25) is 0 Å². The van der Waals surface area contributed by atoms with E-state index in [1.807, 2.05) is 31.2 Å². The van der Waals surface area contributed by atoms with Crippen molar-refractivity contribution in [3.05, 3.63) is 41.9 Å². The molecule has 5 heteroatoms. The zero-order valence-electron chi connectivity index (χ0n) is 10.4. The van der Waals surface area contributed by atoms with Crippen LogP contribution >= 0.6 is 0 Å². The summed E-state index contributed by atoms with van der Waals surface area (Å²) < 4.78 is 0. The molecule has 0 aliphatic rings. The number of aliphatic carboxylic acids is 1. The molecule has 0 aliphatic heterocycles. The summed E-state index contributed by atoms with van der Waals surface area (Å²) in [7, 11) is 0. The topological polar surface area (TPSA) is 81.8 Å². The summed E-state index contributed by atoms with van der Waals surface area (Å²) in [6.07, 6.45) is 1.62. The van der Waals surface area contributed by atoms with Crippen LogP contribution in [0.4, 0.5) is 0 Å². The number of hydrogen-bond acceptors (Lipinski definition) is 2. The number of H-pyrrole nitrogens is 2. The molecular formula is C14H13N3O2. The minimum Gasteiger partial charge on any atom is -0.481 e. The number of para-hydroxylation sites is 1. The molecule has 0 radical (unpaired) electrons. The van der Waals surface area contributed by atoms with Crippen LogP contribution in [0.3, 0.4) is 0 Å². The Morgan fingerprint density at radius 2 is 2.16 bits per heavy atom. The van der Waals surface area contributed by atoms with Gasteiger partial charge in [-0.2, -0.15) is 5.10 Å². The molecule has 0 bridgehead atoms. The van der Waals surface area contributed by atoms with Gasteiger partial charge in [-0.05, 0) is 13.0 Å². The van der Waals surface area contributed by atoms with Crippen molar-refractivity contribution in [1.29, 1.82) is 0 Å². The molecule has 19 heavy (non-hydrogen) atoms. The van der Waals surface area contributed by atoms with E-state index < -0.39 is 5.97 Å². The zero-order chi connectivity index (χ0) is 13.4. The van der Waals surface area contributed by atoms with E-state index in [0.29, 0.717) is 5.69 Å². The summed E-state index contributed by atoms with van der Waals surface area (Å²) >= 11 is 0. The van der Waals surface area contributed by atoms with Gasteiger partial charge in [0.15, 0.2) is 0 Å². The molecule has 3 rings (SSSR count). The number of hydrogen-bond donors (Lipinski definition) is 3. The molecule has 96 valence electrons. The average Bonchev–Trinajstić information content (AvgIpc) is 2.91. The summed E-state index contributed by atoms with van der Waals surface area (Å²) in [5.74, 6) is -0.872. The molecule has 2 aromatic heterocycles. The number of benzene rings is 1. The highest BCUT2D eigenvalue weighted by molar-refractivity contribution is 5.98. The Kier molecular flexibility index (Phi) is 2.59. The van der Waals surface area contributed by atoms with Gasteiger partial charge in [-0.1, -0.05) is 18.2 Å². The average molecular weight is 255 g/mol. The normalized spacial score (nSPS) is 11.0. The number of carboxylic acid groups (broad SMARTS) is 1. The number of carboxylic acids is 1. The van der Waals surface area contributed by atoms with E-state index >= 15 is 0 Å². The Balaban J connectivity index is 2.22. The molecule has 1 aromatic carbocycles. The van der Waals surface area contributed by atoms with Crippen molar-refractivity contribution in [3.63, 3.8) is 0 Å². The summed E-state index contributed by atoms with van der Waals surface area (Å²) in [6, 6.07) is 7.96. The first-order valence-electron chi connectivity index (χ1n) is 5.98. The third-order valence-electron chi connectivity index (χ3n) is 3.21. The fourth-order valence-corrected chi connectivity index (χ4v) is 2.44. The minimum absolute atomic E-state index is 0.0612. The van der Waals surface area contributed by atoms with E-state index in [2.05, 4.69) is 15.2 Å². The van der Waals surface area contributed by atoms with Crippen LogP contribution in [0.1, 0.15) is 11.4 Å². The Bertz CT molecular complexity index is 755. The number of aromatic amines is 2. The first-order valence-corrected chi connectivity index (χ1v) is 5.98. The molecule has 0 amide bonds. The smallest absolute Gasteiger partial charge is 0.309 e. The molecule has 2 heterocycles. The van der Waals surface area contributed by atoms with Crippen molar-refractivity contribution < 1.29 is 9.90 Å². The fourth-order valence-electron chi connectivity index (χ4n) is 2.44. The highest BCUT2D eigenvalue weighted by atomic mass is 16.4. The Morgan fingerprint density at radius 3 is 2.95 bits per heavy atom. The maximum Gasteiger partial charge on any atom is 0.309 e. The van der Waals surface area contributed by atoms with E-state index in [-0.39, 0.29) is 6.42 Å². The molecule has 0 unspecified atom stereocenters. The second-order valence-electron chi connectivity index (χ2n) is 4.50. The molecule has 0 saturated carbocycles. The van der Waals surface area contributed by atoms with Crippen LogP contribution in [0.5, 0.6) is 0 Å². The lowest BCUT2D eigenvalue weighted by atomic mass is 10.0. The lowest BCUT2D eigenvalue weighted by Crippen LogP contribution is -2.01. The van der Waals surface area contributed by atoms with Gasteiger partial charge >= 0.3 is 5.97 Å². The van der Waals surface area contributed by atoms with Gasteiger partial charge in [-0.3, -0.25) is 9.89 Å². The first-order chi connectivity index (χ1) is 9.16. The number of carbonyl (C=O) groups is 1. The van der Waals surface area contributed by atoms with Gasteiger partial charge in [0.05, 0.1) is 18.3 Å². The van der Waals surface area contributed by atoms with Gasteiger partial charge in [-0.15, -0.1) is 0 Å². The summed E-state index contributed by atoms with van der Waals surface area (Å²) in [4.78, 5) is 14.2. The third-order valence-corrected chi connectivity index (χ3v) is 3.21. The monoisotopic (exact) mass is 255 g/mol. The van der Waals surface area contributed by atoms with Crippen molar-refractivity contribution in [2.75, 3.05) is 0 Å². The number of aryl methyl sites for hydroxylation is 1. The lowest BCUT2D eigenvalue weighted by molar-refractivity contribution is -0.136. The van der Waals surface area contributed by atoms with Gasteiger partial charge in [-0.25, -0.2) is 0 Å². The largest absolute Gasteiger partial charge is 0.481 e. The Labute approximate surface area is 109 Å². The fraction of sp³-hybridized carbons (Fsp3) is 0.143. The van der Waals surface area contributed by atoms with E-state index in [1.165, 1.54) is 0 Å². The molecule has 0 spiro atoms. The molecule has 5 nitrogen and oxygen atoms in total. The maximum atomic E-state index is 10.9. The first kappa shape index (κ1) is 11.5. The maximum absolute atomic E-state index is 10.9. The van der Waals surface area contributed by atoms with Crippen LogP contribution in [0.25, 0.3) is 22.0 Å². The summed E-state index contributed by atoms with van der Waals surface area (Å²) in [5.41, 5.74) is 4.53. The van der Waals surface area contributed by atoms with Crippen LogP contribution < -0.4 is 0 Å². The van der Waals surface area contributed by atoms with Crippen molar-refractivity contribution in [3.8, 4) is 11.1 Å². The standard InChI is InChI=1S/C14H13N3O2/c1-8-14(9-4-2-3-5-11(9)16-8)10-7-15-17-12(10)6-13(18)19/h2-5,7,16H,6H2,1H3,(H,15,17)(H,18,19). The number of rotatable bonds is 3. The number of nitrogens with one attached hydrogen (secondary N) is 2. The van der Waals surface area contributed by atoms with Crippen LogP contribution in [0.2, 0.25) is 0 Å². The second kappa shape index (κ2) is 4.28. The van der Waals surface area contributed by atoms with Gasteiger partial charge in [0.1, 0.15) is 0 Å². The zero-order valence-corrected chi connectivity index (χ0v) is 10.4. The molecule has 3 N–H and O–H groups in total. The van der Waals surface area contributed by atoms with Gasteiger partial charge in [0.25, 0.3) is 0 Å². The number of nitrogens with zero attached hydrogens (tertiary/aromatic N) is 1. The third kappa shape index (κ3) is 1.89. The highest BCUT2D eigenvalue weighted by Gasteiger charge is 2.16. The Hall–Kier alpha value is -2.56. The summed E-state index contributed by atoms with van der Waals surface area (Å²) in [6.45, 7) is 1.98. The number of fused-ring (bicyclic) bond motifs is 1. The van der Waals surface area contributed by atoms with Crippen molar-refractivity contribution in [1.82, 2.24) is 15.2 Å². The van der Waals surface area contributed by atoms with Crippen molar-refractivity contribution >= 4 is 16.9 Å². The quantitative estimate of drug-likeness (QED) is 0.672. The van der Waals surface area contributed by atoms with E-state index in [1.54, 1.807) is 6.20 Å². The Morgan fingerprint density at radius 1 is 1.37 bits per heavy atom. The van der Waals surface area contributed by atoms with Gasteiger partial charge in [0, 0.05) is 27.7 Å². The van der Waals surface area contributed by atoms with Crippen molar-refractivity contribution in [2.24, 2.45) is 0 Å². The molecule has 0 aliphatic carbocycles.